The van der Waals surface area contributed by atoms with Gasteiger partial charge in [0.2, 0.25) is 11.9 Å². The smallest absolute Gasteiger partial charge is 0.233 e. The molecule has 0 atom stereocenters. The average molecular weight is 400 g/mol. The summed E-state index contributed by atoms with van der Waals surface area (Å²) in [6.45, 7) is 6.05. The highest BCUT2D eigenvalue weighted by Gasteiger charge is 2.24. The Bertz CT molecular complexity index is 779. The molecule has 6 nitrogen and oxygen atoms in total. The zero-order valence-corrected chi connectivity index (χ0v) is 17.4. The third-order valence-corrected chi connectivity index (χ3v) is 6.64. The van der Waals surface area contributed by atoms with Gasteiger partial charge < -0.3 is 9.80 Å². The Kier molecular flexibility index (Phi) is 6.20. The molecule has 0 saturated carbocycles. The van der Waals surface area contributed by atoms with Crippen LogP contribution in [0.25, 0.3) is 5.69 Å². The number of rotatable bonds is 5. The summed E-state index contributed by atoms with van der Waals surface area (Å²) in [5, 5.41) is 9.77. The standard InChI is InChI=1S/C21H29N5OS/c1-17-10-14-24(15-11-17)19(27)16-28-21-23-22-20(25-12-6-3-7-13-25)26(21)18-8-4-2-5-9-18/h2,4-5,8-9,17H,3,6-7,10-16H2,1H3. The van der Waals surface area contributed by atoms with Crippen molar-refractivity contribution in [3.8, 4) is 5.69 Å². The van der Waals surface area contributed by atoms with E-state index in [4.69, 9.17) is 0 Å². The normalized spacial score (nSPS) is 18.5. The molecule has 28 heavy (non-hydrogen) atoms. The zero-order chi connectivity index (χ0) is 19.3. The van der Waals surface area contributed by atoms with Crippen LogP contribution in [0.2, 0.25) is 0 Å². The minimum Gasteiger partial charge on any atom is -0.342 e. The summed E-state index contributed by atoms with van der Waals surface area (Å²) in [5.41, 5.74) is 1.05. The molecular formula is C21H29N5OS. The molecule has 0 N–H and O–H groups in total. The van der Waals surface area contributed by atoms with Gasteiger partial charge in [-0.15, -0.1) is 10.2 Å². The van der Waals surface area contributed by atoms with Crippen molar-refractivity contribution in [1.82, 2.24) is 19.7 Å². The first-order valence-electron chi connectivity index (χ1n) is 10.4. The number of thioether (sulfide) groups is 1. The summed E-state index contributed by atoms with van der Waals surface area (Å²) in [4.78, 5) is 17.0. The molecule has 2 aliphatic heterocycles. The number of carbonyl (C=O) groups is 1. The maximum atomic E-state index is 12.7. The van der Waals surface area contributed by atoms with Crippen LogP contribution in [0.5, 0.6) is 0 Å². The summed E-state index contributed by atoms with van der Waals surface area (Å²) in [6.07, 6.45) is 5.87. The molecule has 0 bridgehead atoms. The van der Waals surface area contributed by atoms with Gasteiger partial charge in [0, 0.05) is 26.2 Å². The van der Waals surface area contributed by atoms with E-state index in [9.17, 15) is 4.79 Å². The highest BCUT2D eigenvalue weighted by atomic mass is 32.2. The van der Waals surface area contributed by atoms with Gasteiger partial charge in [-0.1, -0.05) is 36.9 Å². The lowest BCUT2D eigenvalue weighted by Crippen LogP contribution is -2.38. The van der Waals surface area contributed by atoms with E-state index in [1.807, 2.05) is 23.1 Å². The lowest BCUT2D eigenvalue weighted by Gasteiger charge is -2.30. The van der Waals surface area contributed by atoms with E-state index in [0.717, 1.165) is 61.7 Å². The first-order chi connectivity index (χ1) is 13.7. The fourth-order valence-corrected chi connectivity index (χ4v) is 4.78. The van der Waals surface area contributed by atoms with Gasteiger partial charge >= 0.3 is 0 Å². The van der Waals surface area contributed by atoms with E-state index in [1.165, 1.54) is 31.0 Å². The topological polar surface area (TPSA) is 54.3 Å². The predicted molar refractivity (Wildman–Crippen MR) is 113 cm³/mol. The van der Waals surface area contributed by atoms with Gasteiger partial charge in [0.15, 0.2) is 5.16 Å². The molecule has 7 heteroatoms. The van der Waals surface area contributed by atoms with Crippen molar-refractivity contribution in [3.05, 3.63) is 30.3 Å². The molecule has 2 aliphatic rings. The average Bonchev–Trinajstić information content (AvgIpc) is 3.18. The van der Waals surface area contributed by atoms with Crippen LogP contribution in [0.4, 0.5) is 5.95 Å². The molecule has 0 aliphatic carbocycles. The minimum atomic E-state index is 0.207. The number of amides is 1. The fourth-order valence-electron chi connectivity index (χ4n) is 3.93. The molecule has 2 aromatic rings. The molecule has 0 spiro atoms. The number of benzene rings is 1. The van der Waals surface area contributed by atoms with Gasteiger partial charge in [-0.25, -0.2) is 0 Å². The number of anilines is 1. The van der Waals surface area contributed by atoms with Crippen LogP contribution in [0.15, 0.2) is 35.5 Å². The number of nitrogens with zero attached hydrogens (tertiary/aromatic N) is 5. The van der Waals surface area contributed by atoms with Crippen LogP contribution < -0.4 is 4.90 Å². The van der Waals surface area contributed by atoms with Gasteiger partial charge in [-0.3, -0.25) is 9.36 Å². The van der Waals surface area contributed by atoms with E-state index < -0.39 is 0 Å². The van der Waals surface area contributed by atoms with E-state index in [2.05, 4.69) is 38.7 Å². The maximum absolute atomic E-state index is 12.7. The molecule has 1 aromatic carbocycles. The van der Waals surface area contributed by atoms with Crippen molar-refractivity contribution in [2.24, 2.45) is 5.92 Å². The second kappa shape index (κ2) is 8.99. The largest absolute Gasteiger partial charge is 0.342 e. The van der Waals surface area contributed by atoms with E-state index in [-0.39, 0.29) is 5.91 Å². The lowest BCUT2D eigenvalue weighted by atomic mass is 9.99. The van der Waals surface area contributed by atoms with Crippen LogP contribution >= 0.6 is 11.8 Å². The van der Waals surface area contributed by atoms with Crippen LogP contribution in [0.1, 0.15) is 39.0 Å². The van der Waals surface area contributed by atoms with Gasteiger partial charge in [0.1, 0.15) is 0 Å². The SMILES string of the molecule is CC1CCN(C(=O)CSc2nnc(N3CCCCC3)n2-c2ccccc2)CC1. The molecule has 4 rings (SSSR count). The zero-order valence-electron chi connectivity index (χ0n) is 16.6. The molecule has 0 radical (unpaired) electrons. The van der Waals surface area contributed by atoms with Crippen LogP contribution in [-0.4, -0.2) is 57.5 Å². The van der Waals surface area contributed by atoms with E-state index >= 15 is 0 Å². The number of piperidine rings is 2. The first kappa shape index (κ1) is 19.3. The maximum Gasteiger partial charge on any atom is 0.233 e. The van der Waals surface area contributed by atoms with Crippen molar-refractivity contribution < 1.29 is 4.79 Å². The van der Waals surface area contributed by atoms with Gasteiger partial charge in [-0.2, -0.15) is 0 Å². The number of hydrogen-bond donors (Lipinski definition) is 0. The predicted octanol–water partition coefficient (Wildman–Crippen LogP) is 3.61. The monoisotopic (exact) mass is 399 g/mol. The molecular weight excluding hydrogens is 370 g/mol. The number of aromatic nitrogens is 3. The first-order valence-corrected chi connectivity index (χ1v) is 11.4. The second-order valence-electron chi connectivity index (χ2n) is 7.85. The summed E-state index contributed by atoms with van der Waals surface area (Å²) in [6, 6.07) is 10.2. The van der Waals surface area contributed by atoms with Gasteiger partial charge in [0.05, 0.1) is 11.4 Å². The molecule has 1 aromatic heterocycles. The summed E-state index contributed by atoms with van der Waals surface area (Å²) < 4.78 is 2.11. The summed E-state index contributed by atoms with van der Waals surface area (Å²) in [5.74, 6) is 2.25. The number of hydrogen-bond acceptors (Lipinski definition) is 5. The van der Waals surface area contributed by atoms with Crippen molar-refractivity contribution >= 4 is 23.6 Å². The molecule has 150 valence electrons. The Morgan fingerprint density at radius 2 is 1.75 bits per heavy atom. The van der Waals surface area contributed by atoms with Crippen molar-refractivity contribution in [3.63, 3.8) is 0 Å². The molecule has 2 saturated heterocycles. The molecule has 3 heterocycles. The molecule has 0 unspecified atom stereocenters. The summed E-state index contributed by atoms with van der Waals surface area (Å²) in [7, 11) is 0. The number of likely N-dealkylation sites (tertiary alicyclic amines) is 1. The Labute approximate surface area is 171 Å². The fraction of sp³-hybridized carbons (Fsp3) is 0.571. The third-order valence-electron chi connectivity index (χ3n) is 5.73. The quantitative estimate of drug-likeness (QED) is 0.719. The van der Waals surface area contributed by atoms with Crippen molar-refractivity contribution in [2.45, 2.75) is 44.2 Å². The Morgan fingerprint density at radius 3 is 2.46 bits per heavy atom. The highest BCUT2D eigenvalue weighted by molar-refractivity contribution is 7.99. The van der Waals surface area contributed by atoms with Crippen LogP contribution in [0.3, 0.4) is 0 Å². The van der Waals surface area contributed by atoms with Gasteiger partial charge in [-0.05, 0) is 50.2 Å². The third kappa shape index (κ3) is 4.35. The number of para-hydroxylation sites is 1. The Morgan fingerprint density at radius 1 is 1.04 bits per heavy atom. The van der Waals surface area contributed by atoms with Crippen LogP contribution in [-0.2, 0) is 4.79 Å². The summed E-state index contributed by atoms with van der Waals surface area (Å²) >= 11 is 1.50. The van der Waals surface area contributed by atoms with E-state index in [1.54, 1.807) is 0 Å². The van der Waals surface area contributed by atoms with Crippen LogP contribution in [0, 0.1) is 5.92 Å². The highest BCUT2D eigenvalue weighted by Crippen LogP contribution is 2.28. The van der Waals surface area contributed by atoms with Crippen molar-refractivity contribution in [1.29, 1.82) is 0 Å². The number of carbonyl (C=O) groups excluding carboxylic acids is 1. The minimum absolute atomic E-state index is 0.207. The molecule has 2 fully saturated rings. The lowest BCUT2D eigenvalue weighted by molar-refractivity contribution is -0.129. The van der Waals surface area contributed by atoms with E-state index in [0.29, 0.717) is 5.75 Å². The Hall–Kier alpha value is -2.02. The van der Waals surface area contributed by atoms with Crippen molar-refractivity contribution in [2.75, 3.05) is 36.8 Å². The molecule has 1 amide bonds. The second-order valence-corrected chi connectivity index (χ2v) is 8.80. The Balaban J connectivity index is 1.51. The van der Waals surface area contributed by atoms with Gasteiger partial charge in [0.25, 0.3) is 0 Å².